The molecule has 0 bridgehead atoms. The third kappa shape index (κ3) is 3.35. The number of rotatable bonds is 4. The fourth-order valence-corrected chi connectivity index (χ4v) is 2.93. The van der Waals surface area contributed by atoms with Crippen molar-refractivity contribution >= 4 is 0 Å². The van der Waals surface area contributed by atoms with Crippen molar-refractivity contribution in [2.24, 2.45) is 5.92 Å². The van der Waals surface area contributed by atoms with Crippen molar-refractivity contribution in [2.75, 3.05) is 6.54 Å². The van der Waals surface area contributed by atoms with Crippen LogP contribution in [0.15, 0.2) is 10.5 Å². The molecule has 0 amide bonds. The highest BCUT2D eigenvalue weighted by Crippen LogP contribution is 2.25. The highest BCUT2D eigenvalue weighted by Gasteiger charge is 2.16. The molecule has 1 aromatic rings. The quantitative estimate of drug-likeness (QED) is 0.849. The van der Waals surface area contributed by atoms with Gasteiger partial charge in [-0.2, -0.15) is 0 Å². The van der Waals surface area contributed by atoms with Crippen molar-refractivity contribution in [3.8, 4) is 0 Å². The Morgan fingerprint density at radius 3 is 2.59 bits per heavy atom. The van der Waals surface area contributed by atoms with E-state index in [1.807, 2.05) is 6.92 Å². The van der Waals surface area contributed by atoms with Gasteiger partial charge in [-0.25, -0.2) is 0 Å². The summed E-state index contributed by atoms with van der Waals surface area (Å²) in [6.45, 7) is 7.47. The third-order valence-electron chi connectivity index (χ3n) is 3.98. The van der Waals surface area contributed by atoms with Crippen molar-refractivity contribution in [1.29, 1.82) is 0 Å². The molecule has 2 nitrogen and oxygen atoms in total. The first-order valence-corrected chi connectivity index (χ1v) is 6.97. The molecule has 1 fully saturated rings. The molecular formula is C15H25NO. The summed E-state index contributed by atoms with van der Waals surface area (Å²) in [6.07, 6.45) is 7.09. The van der Waals surface area contributed by atoms with Gasteiger partial charge in [-0.1, -0.05) is 19.3 Å². The van der Waals surface area contributed by atoms with E-state index >= 15 is 0 Å². The normalized spacial score (nSPS) is 19.5. The maximum atomic E-state index is 5.59. The second-order valence-electron chi connectivity index (χ2n) is 5.50. The molecule has 1 aliphatic rings. The van der Waals surface area contributed by atoms with Gasteiger partial charge in [0.15, 0.2) is 0 Å². The maximum Gasteiger partial charge on any atom is 0.105 e. The lowest BCUT2D eigenvalue weighted by Crippen LogP contribution is -2.27. The van der Waals surface area contributed by atoms with Gasteiger partial charge in [-0.3, -0.25) is 0 Å². The van der Waals surface area contributed by atoms with Gasteiger partial charge in [-0.15, -0.1) is 0 Å². The van der Waals surface area contributed by atoms with Crippen LogP contribution in [0.25, 0.3) is 0 Å². The van der Waals surface area contributed by atoms with Crippen molar-refractivity contribution in [3.05, 3.63) is 23.2 Å². The maximum absolute atomic E-state index is 5.59. The third-order valence-corrected chi connectivity index (χ3v) is 3.98. The van der Waals surface area contributed by atoms with Gasteiger partial charge < -0.3 is 9.73 Å². The molecule has 2 rings (SSSR count). The minimum absolute atomic E-state index is 0.411. The Kier molecular flexibility index (Phi) is 4.27. The topological polar surface area (TPSA) is 25.2 Å². The van der Waals surface area contributed by atoms with E-state index in [4.69, 9.17) is 4.42 Å². The standard InChI is InChI=1S/C15H25NO/c1-11-9-15(13(3)17-11)12(2)16-10-14-7-5-4-6-8-14/h9,12,14,16H,4-8,10H2,1-3H3. The van der Waals surface area contributed by atoms with Crippen LogP contribution in [0.1, 0.15) is 62.2 Å². The molecule has 1 heterocycles. The van der Waals surface area contributed by atoms with E-state index in [0.29, 0.717) is 6.04 Å². The van der Waals surface area contributed by atoms with Crippen LogP contribution in [0.2, 0.25) is 0 Å². The summed E-state index contributed by atoms with van der Waals surface area (Å²) in [7, 11) is 0. The van der Waals surface area contributed by atoms with Crippen LogP contribution in [-0.2, 0) is 0 Å². The van der Waals surface area contributed by atoms with Crippen LogP contribution in [0.3, 0.4) is 0 Å². The minimum atomic E-state index is 0.411. The second kappa shape index (κ2) is 5.72. The summed E-state index contributed by atoms with van der Waals surface area (Å²) in [6, 6.07) is 2.57. The van der Waals surface area contributed by atoms with Crippen LogP contribution >= 0.6 is 0 Å². The molecule has 0 aliphatic heterocycles. The van der Waals surface area contributed by atoms with Gasteiger partial charge in [0.25, 0.3) is 0 Å². The first-order chi connectivity index (χ1) is 8.16. The first-order valence-electron chi connectivity index (χ1n) is 6.97. The Bertz CT molecular complexity index is 350. The molecule has 1 saturated carbocycles. The van der Waals surface area contributed by atoms with Gasteiger partial charge in [0.05, 0.1) is 0 Å². The SMILES string of the molecule is Cc1cc(C(C)NCC2CCCCC2)c(C)o1. The number of aryl methyl sites for hydroxylation is 2. The van der Waals surface area contributed by atoms with Gasteiger partial charge in [0.1, 0.15) is 11.5 Å². The highest BCUT2D eigenvalue weighted by molar-refractivity contribution is 5.23. The molecule has 1 unspecified atom stereocenters. The van der Waals surface area contributed by atoms with E-state index in [-0.39, 0.29) is 0 Å². The molecule has 1 aromatic heterocycles. The van der Waals surface area contributed by atoms with E-state index < -0.39 is 0 Å². The average Bonchev–Trinajstić information content (AvgIpc) is 2.67. The molecule has 0 spiro atoms. The van der Waals surface area contributed by atoms with E-state index in [1.165, 1.54) is 37.7 Å². The fraction of sp³-hybridized carbons (Fsp3) is 0.733. The first kappa shape index (κ1) is 12.7. The van der Waals surface area contributed by atoms with E-state index in [1.54, 1.807) is 0 Å². The van der Waals surface area contributed by atoms with Gasteiger partial charge in [0, 0.05) is 11.6 Å². The van der Waals surface area contributed by atoms with Crippen LogP contribution < -0.4 is 5.32 Å². The van der Waals surface area contributed by atoms with Crippen molar-refractivity contribution in [3.63, 3.8) is 0 Å². The molecule has 1 aliphatic carbocycles. The van der Waals surface area contributed by atoms with E-state index in [9.17, 15) is 0 Å². The number of nitrogens with one attached hydrogen (secondary N) is 1. The molecule has 96 valence electrons. The number of hydrogen-bond acceptors (Lipinski definition) is 2. The van der Waals surface area contributed by atoms with Gasteiger partial charge in [0.2, 0.25) is 0 Å². The lowest BCUT2D eigenvalue weighted by molar-refractivity contribution is 0.331. The molecular weight excluding hydrogens is 210 g/mol. The summed E-state index contributed by atoms with van der Waals surface area (Å²) in [5.74, 6) is 2.97. The van der Waals surface area contributed by atoms with Gasteiger partial charge in [-0.05, 0) is 52.1 Å². The largest absolute Gasteiger partial charge is 0.466 e. The van der Waals surface area contributed by atoms with Crippen LogP contribution in [0, 0.1) is 19.8 Å². The highest BCUT2D eigenvalue weighted by atomic mass is 16.3. The minimum Gasteiger partial charge on any atom is -0.466 e. The summed E-state index contributed by atoms with van der Waals surface area (Å²) in [5.41, 5.74) is 1.32. The predicted molar refractivity (Wildman–Crippen MR) is 71.2 cm³/mol. The molecule has 0 radical (unpaired) electrons. The summed E-state index contributed by atoms with van der Waals surface area (Å²) in [5, 5.41) is 3.66. The Labute approximate surface area is 105 Å². The molecule has 0 saturated heterocycles. The van der Waals surface area contributed by atoms with Crippen LogP contribution in [-0.4, -0.2) is 6.54 Å². The number of furan rings is 1. The van der Waals surface area contributed by atoms with E-state index in [2.05, 4.69) is 25.2 Å². The smallest absolute Gasteiger partial charge is 0.105 e. The average molecular weight is 235 g/mol. The Hall–Kier alpha value is -0.760. The molecule has 17 heavy (non-hydrogen) atoms. The zero-order chi connectivity index (χ0) is 12.3. The lowest BCUT2D eigenvalue weighted by atomic mass is 9.89. The molecule has 2 heteroatoms. The Morgan fingerprint density at radius 1 is 1.29 bits per heavy atom. The van der Waals surface area contributed by atoms with Crippen molar-refractivity contribution < 1.29 is 4.42 Å². The van der Waals surface area contributed by atoms with Crippen molar-refractivity contribution in [2.45, 2.75) is 58.9 Å². The second-order valence-corrected chi connectivity index (χ2v) is 5.50. The molecule has 1 atom stereocenters. The summed E-state index contributed by atoms with van der Waals surface area (Å²) < 4.78 is 5.59. The fourth-order valence-electron chi connectivity index (χ4n) is 2.93. The van der Waals surface area contributed by atoms with E-state index in [0.717, 1.165) is 24.0 Å². The van der Waals surface area contributed by atoms with Gasteiger partial charge >= 0.3 is 0 Å². The van der Waals surface area contributed by atoms with Crippen molar-refractivity contribution in [1.82, 2.24) is 5.32 Å². The lowest BCUT2D eigenvalue weighted by Gasteiger charge is -2.24. The predicted octanol–water partition coefficient (Wildman–Crippen LogP) is 4.13. The van der Waals surface area contributed by atoms with Crippen LogP contribution in [0.4, 0.5) is 0 Å². The zero-order valence-corrected chi connectivity index (χ0v) is 11.4. The number of hydrogen-bond donors (Lipinski definition) is 1. The zero-order valence-electron chi connectivity index (χ0n) is 11.4. The Morgan fingerprint density at radius 2 is 2.00 bits per heavy atom. The summed E-state index contributed by atoms with van der Waals surface area (Å²) in [4.78, 5) is 0. The Balaban J connectivity index is 1.84. The molecule has 1 N–H and O–H groups in total. The van der Waals surface area contributed by atoms with Crippen LogP contribution in [0.5, 0.6) is 0 Å². The monoisotopic (exact) mass is 235 g/mol. The summed E-state index contributed by atoms with van der Waals surface area (Å²) >= 11 is 0. The molecule has 0 aromatic carbocycles.